The highest BCUT2D eigenvalue weighted by molar-refractivity contribution is 7.89. The Morgan fingerprint density at radius 2 is 2.05 bits per heavy atom. The summed E-state index contributed by atoms with van der Waals surface area (Å²) in [4.78, 5) is 11.1. The second kappa shape index (κ2) is 7.06. The van der Waals surface area contributed by atoms with Crippen molar-refractivity contribution in [3.8, 4) is 0 Å². The summed E-state index contributed by atoms with van der Waals surface area (Å²) in [6, 6.07) is 0.898. The summed E-state index contributed by atoms with van der Waals surface area (Å²) in [6.07, 6.45) is 1.67. The molecular formula is C13H22N2O5S. The molecule has 0 saturated carbocycles. The molecule has 1 aromatic rings. The van der Waals surface area contributed by atoms with E-state index in [0.29, 0.717) is 13.0 Å². The molecule has 0 unspecified atom stereocenters. The molecule has 2 N–H and O–H groups in total. The number of hydrogen-bond acceptors (Lipinski definition) is 4. The van der Waals surface area contributed by atoms with Gasteiger partial charge in [-0.25, -0.2) is 13.2 Å². The number of nitrogens with zero attached hydrogens (tertiary/aromatic N) is 2. The van der Waals surface area contributed by atoms with Crippen molar-refractivity contribution in [2.45, 2.75) is 44.7 Å². The van der Waals surface area contributed by atoms with Gasteiger partial charge in [0.15, 0.2) is 0 Å². The van der Waals surface area contributed by atoms with E-state index in [4.69, 9.17) is 10.2 Å². The number of carboxylic acid groups (broad SMARTS) is 1. The first kappa shape index (κ1) is 17.7. The zero-order valence-electron chi connectivity index (χ0n) is 12.5. The predicted molar refractivity (Wildman–Crippen MR) is 77.8 cm³/mol. The van der Waals surface area contributed by atoms with E-state index in [-0.39, 0.29) is 29.8 Å². The van der Waals surface area contributed by atoms with Crippen LogP contribution in [0.15, 0.2) is 17.2 Å². The number of aliphatic hydroxyl groups is 1. The van der Waals surface area contributed by atoms with Gasteiger partial charge in [-0.1, -0.05) is 0 Å². The van der Waals surface area contributed by atoms with Crippen LogP contribution in [0, 0.1) is 0 Å². The molecule has 0 aromatic carbocycles. The molecule has 1 aromatic heterocycles. The minimum atomic E-state index is -3.78. The van der Waals surface area contributed by atoms with Crippen molar-refractivity contribution in [1.29, 1.82) is 0 Å². The molecule has 0 radical (unpaired) electrons. The number of aliphatic hydroxyl groups excluding tert-OH is 1. The Bertz CT molecular complexity index is 592. The maximum atomic E-state index is 12.6. The molecule has 0 aliphatic carbocycles. The number of rotatable bonds is 8. The fraction of sp³-hybridized carbons (Fsp3) is 0.615. The molecule has 1 heterocycles. The molecule has 21 heavy (non-hydrogen) atoms. The van der Waals surface area contributed by atoms with Crippen molar-refractivity contribution in [3.05, 3.63) is 18.0 Å². The Balaban J connectivity index is 3.25. The Kier molecular flexibility index (Phi) is 5.94. The third-order valence-corrected chi connectivity index (χ3v) is 5.19. The quantitative estimate of drug-likeness (QED) is 0.744. The van der Waals surface area contributed by atoms with Gasteiger partial charge in [0.2, 0.25) is 10.0 Å². The summed E-state index contributed by atoms with van der Waals surface area (Å²) in [6.45, 7) is 5.68. The van der Waals surface area contributed by atoms with E-state index in [1.54, 1.807) is 20.8 Å². The number of sulfonamides is 1. The maximum absolute atomic E-state index is 12.6. The van der Waals surface area contributed by atoms with E-state index >= 15 is 0 Å². The van der Waals surface area contributed by atoms with Gasteiger partial charge in [-0.3, -0.25) is 0 Å². The lowest BCUT2D eigenvalue weighted by Gasteiger charge is -2.25. The van der Waals surface area contributed by atoms with Crippen LogP contribution in [0.25, 0.3) is 0 Å². The normalized spacial score (nSPS) is 12.3. The minimum absolute atomic E-state index is 0.0339. The first-order valence-electron chi connectivity index (χ1n) is 6.81. The number of aromatic nitrogens is 1. The van der Waals surface area contributed by atoms with Crippen LogP contribution in [-0.2, 0) is 16.6 Å². The van der Waals surface area contributed by atoms with Crippen molar-refractivity contribution in [2.24, 2.45) is 0 Å². The SMILES string of the molecule is CCn1cc(S(=O)(=O)N(CCCO)C(C)C)cc1C(=O)O. The Morgan fingerprint density at radius 3 is 2.43 bits per heavy atom. The number of carboxylic acids is 1. The van der Waals surface area contributed by atoms with Gasteiger partial charge in [-0.15, -0.1) is 0 Å². The monoisotopic (exact) mass is 318 g/mol. The highest BCUT2D eigenvalue weighted by Crippen LogP contribution is 2.21. The van der Waals surface area contributed by atoms with Crippen molar-refractivity contribution >= 4 is 16.0 Å². The van der Waals surface area contributed by atoms with Crippen LogP contribution < -0.4 is 0 Å². The lowest BCUT2D eigenvalue weighted by Crippen LogP contribution is -2.37. The summed E-state index contributed by atoms with van der Waals surface area (Å²) < 4.78 is 27.9. The average Bonchev–Trinajstić information content (AvgIpc) is 2.83. The van der Waals surface area contributed by atoms with Crippen molar-refractivity contribution in [1.82, 2.24) is 8.87 Å². The molecule has 8 heteroatoms. The topological polar surface area (TPSA) is 99.8 Å². The first-order valence-corrected chi connectivity index (χ1v) is 8.25. The van der Waals surface area contributed by atoms with E-state index in [1.807, 2.05) is 0 Å². The summed E-state index contributed by atoms with van der Waals surface area (Å²) in [7, 11) is -3.78. The van der Waals surface area contributed by atoms with E-state index in [9.17, 15) is 13.2 Å². The zero-order valence-corrected chi connectivity index (χ0v) is 13.3. The summed E-state index contributed by atoms with van der Waals surface area (Å²) in [5.74, 6) is -1.16. The molecule has 0 bridgehead atoms. The number of aryl methyl sites for hydroxylation is 1. The fourth-order valence-electron chi connectivity index (χ4n) is 2.08. The van der Waals surface area contributed by atoms with Gasteiger partial charge in [0.25, 0.3) is 0 Å². The Hall–Kier alpha value is -1.38. The predicted octanol–water partition coefficient (Wildman–Crippen LogP) is 0.988. The average molecular weight is 318 g/mol. The van der Waals surface area contributed by atoms with Gasteiger partial charge < -0.3 is 14.8 Å². The first-order chi connectivity index (χ1) is 9.75. The molecule has 0 aliphatic rings. The van der Waals surface area contributed by atoms with Crippen molar-refractivity contribution < 1.29 is 23.4 Å². The molecule has 1 rings (SSSR count). The van der Waals surface area contributed by atoms with Gasteiger partial charge in [0.05, 0.1) is 0 Å². The van der Waals surface area contributed by atoms with Crippen LogP contribution in [0.5, 0.6) is 0 Å². The maximum Gasteiger partial charge on any atom is 0.352 e. The highest BCUT2D eigenvalue weighted by Gasteiger charge is 2.29. The molecular weight excluding hydrogens is 296 g/mol. The van der Waals surface area contributed by atoms with Crippen LogP contribution in [0.4, 0.5) is 0 Å². The number of aromatic carboxylic acids is 1. The lowest BCUT2D eigenvalue weighted by molar-refractivity contribution is 0.0685. The summed E-state index contributed by atoms with van der Waals surface area (Å²) in [5.41, 5.74) is -0.0538. The van der Waals surface area contributed by atoms with E-state index < -0.39 is 16.0 Å². The van der Waals surface area contributed by atoms with Crippen molar-refractivity contribution in [2.75, 3.05) is 13.2 Å². The van der Waals surface area contributed by atoms with Crippen molar-refractivity contribution in [3.63, 3.8) is 0 Å². The minimum Gasteiger partial charge on any atom is -0.477 e. The second-order valence-electron chi connectivity index (χ2n) is 4.94. The van der Waals surface area contributed by atoms with Crippen LogP contribution in [0.1, 0.15) is 37.7 Å². The lowest BCUT2D eigenvalue weighted by atomic mass is 10.3. The van der Waals surface area contributed by atoms with Gasteiger partial charge in [-0.05, 0) is 33.3 Å². The van der Waals surface area contributed by atoms with Crippen LogP contribution in [0.2, 0.25) is 0 Å². The fourth-order valence-corrected chi connectivity index (χ4v) is 3.80. The van der Waals surface area contributed by atoms with Gasteiger partial charge in [0.1, 0.15) is 10.6 Å². The molecule has 0 saturated heterocycles. The van der Waals surface area contributed by atoms with Gasteiger partial charge in [-0.2, -0.15) is 4.31 Å². The third-order valence-electron chi connectivity index (χ3n) is 3.15. The number of hydrogen-bond donors (Lipinski definition) is 2. The molecule has 0 amide bonds. The molecule has 0 atom stereocenters. The highest BCUT2D eigenvalue weighted by atomic mass is 32.2. The Morgan fingerprint density at radius 1 is 1.43 bits per heavy atom. The Labute approximate surface area is 124 Å². The summed E-state index contributed by atoms with van der Waals surface area (Å²) in [5, 5.41) is 18.0. The van der Waals surface area contributed by atoms with Gasteiger partial charge >= 0.3 is 5.97 Å². The molecule has 120 valence electrons. The molecule has 0 spiro atoms. The standard InChI is InChI=1S/C13H22N2O5S/c1-4-14-9-11(8-12(14)13(17)18)21(19,20)15(10(2)3)6-5-7-16/h8-10,16H,4-7H2,1-3H3,(H,17,18). The van der Waals surface area contributed by atoms with E-state index in [2.05, 4.69) is 0 Å². The third kappa shape index (κ3) is 3.84. The second-order valence-corrected chi connectivity index (χ2v) is 6.83. The van der Waals surface area contributed by atoms with E-state index in [1.165, 1.54) is 21.1 Å². The number of carbonyl (C=O) groups is 1. The largest absolute Gasteiger partial charge is 0.477 e. The summed E-state index contributed by atoms with van der Waals surface area (Å²) >= 11 is 0. The van der Waals surface area contributed by atoms with E-state index in [0.717, 1.165) is 0 Å². The van der Waals surface area contributed by atoms with Crippen LogP contribution in [0.3, 0.4) is 0 Å². The molecule has 7 nitrogen and oxygen atoms in total. The molecule has 0 fully saturated rings. The molecule has 0 aliphatic heterocycles. The smallest absolute Gasteiger partial charge is 0.352 e. The van der Waals surface area contributed by atoms with Gasteiger partial charge in [0, 0.05) is 31.9 Å². The zero-order chi connectivity index (χ0) is 16.2. The van der Waals surface area contributed by atoms with Crippen LogP contribution in [-0.4, -0.2) is 52.7 Å². The van der Waals surface area contributed by atoms with Crippen LogP contribution >= 0.6 is 0 Å².